The standard InChI is InChI=1S/C16H20N4O.ClH/c1-12-15(16(21)19(2)14-8-9-17-10-14)11-18-20(12)13-6-4-3-5-7-13;/h3-7,11,14,17H,8-10H2,1-2H3;1H. The number of nitrogens with zero attached hydrogens (tertiary/aromatic N) is 3. The van der Waals surface area contributed by atoms with E-state index >= 15 is 0 Å². The highest BCUT2D eigenvalue weighted by atomic mass is 35.5. The minimum Gasteiger partial charge on any atom is -0.337 e. The summed E-state index contributed by atoms with van der Waals surface area (Å²) in [5.41, 5.74) is 2.52. The molecular formula is C16H21ClN4O. The Kier molecular flexibility index (Phi) is 5.21. The topological polar surface area (TPSA) is 50.2 Å². The number of likely N-dealkylation sites (N-methyl/N-ethyl adjacent to an activating group) is 1. The molecule has 118 valence electrons. The molecule has 0 radical (unpaired) electrons. The Morgan fingerprint density at radius 1 is 1.36 bits per heavy atom. The van der Waals surface area contributed by atoms with Gasteiger partial charge in [0.25, 0.3) is 5.91 Å². The predicted octanol–water partition coefficient (Wildman–Crippen LogP) is 2.04. The quantitative estimate of drug-likeness (QED) is 0.941. The molecule has 1 amide bonds. The van der Waals surface area contributed by atoms with Crippen LogP contribution in [0.4, 0.5) is 0 Å². The maximum Gasteiger partial charge on any atom is 0.257 e. The molecule has 1 fully saturated rings. The van der Waals surface area contributed by atoms with E-state index in [2.05, 4.69) is 10.4 Å². The Bertz CT molecular complexity index is 635. The molecule has 1 N–H and O–H groups in total. The maximum atomic E-state index is 12.6. The van der Waals surface area contributed by atoms with E-state index in [1.165, 1.54) is 0 Å². The molecule has 2 aromatic rings. The lowest BCUT2D eigenvalue weighted by Crippen LogP contribution is -2.38. The Morgan fingerprint density at radius 2 is 2.09 bits per heavy atom. The lowest BCUT2D eigenvalue weighted by atomic mass is 10.1. The predicted molar refractivity (Wildman–Crippen MR) is 88.9 cm³/mol. The van der Waals surface area contributed by atoms with Crippen LogP contribution in [0.3, 0.4) is 0 Å². The highest BCUT2D eigenvalue weighted by Gasteiger charge is 2.26. The molecule has 1 atom stereocenters. The average molecular weight is 321 g/mol. The van der Waals surface area contributed by atoms with Gasteiger partial charge in [0.05, 0.1) is 23.1 Å². The summed E-state index contributed by atoms with van der Waals surface area (Å²) in [4.78, 5) is 14.5. The van der Waals surface area contributed by atoms with Crippen molar-refractivity contribution in [2.75, 3.05) is 20.1 Å². The van der Waals surface area contributed by atoms with Crippen molar-refractivity contribution in [3.05, 3.63) is 47.8 Å². The maximum absolute atomic E-state index is 12.6. The Morgan fingerprint density at radius 3 is 2.73 bits per heavy atom. The zero-order chi connectivity index (χ0) is 14.8. The highest BCUT2D eigenvalue weighted by Crippen LogP contribution is 2.17. The molecule has 1 saturated heterocycles. The number of aromatic nitrogens is 2. The number of halogens is 1. The number of rotatable bonds is 3. The van der Waals surface area contributed by atoms with Crippen molar-refractivity contribution < 1.29 is 4.79 Å². The molecule has 1 unspecified atom stereocenters. The number of nitrogens with one attached hydrogen (secondary N) is 1. The second-order valence-electron chi connectivity index (χ2n) is 5.45. The summed E-state index contributed by atoms with van der Waals surface area (Å²) in [7, 11) is 1.87. The molecule has 0 saturated carbocycles. The molecule has 1 aliphatic heterocycles. The second-order valence-corrected chi connectivity index (χ2v) is 5.45. The van der Waals surface area contributed by atoms with Crippen LogP contribution >= 0.6 is 12.4 Å². The van der Waals surface area contributed by atoms with E-state index in [-0.39, 0.29) is 24.4 Å². The fourth-order valence-corrected chi connectivity index (χ4v) is 2.77. The molecule has 1 aromatic heterocycles. The van der Waals surface area contributed by atoms with Gasteiger partial charge in [-0.05, 0) is 32.0 Å². The fraction of sp³-hybridized carbons (Fsp3) is 0.375. The molecule has 0 aliphatic carbocycles. The van der Waals surface area contributed by atoms with Crippen LogP contribution in [0.2, 0.25) is 0 Å². The molecule has 0 bridgehead atoms. The van der Waals surface area contributed by atoms with Crippen molar-refractivity contribution in [1.29, 1.82) is 0 Å². The van der Waals surface area contributed by atoms with Crippen molar-refractivity contribution in [2.45, 2.75) is 19.4 Å². The molecule has 6 heteroatoms. The van der Waals surface area contributed by atoms with Crippen LogP contribution in [0.5, 0.6) is 0 Å². The summed E-state index contributed by atoms with van der Waals surface area (Å²) in [5, 5.41) is 7.66. The lowest BCUT2D eigenvalue weighted by Gasteiger charge is -2.23. The van der Waals surface area contributed by atoms with Gasteiger partial charge in [0, 0.05) is 19.6 Å². The van der Waals surface area contributed by atoms with Crippen molar-refractivity contribution in [3.8, 4) is 5.69 Å². The van der Waals surface area contributed by atoms with Gasteiger partial charge in [0.1, 0.15) is 0 Å². The summed E-state index contributed by atoms with van der Waals surface area (Å²) in [6.45, 7) is 3.78. The van der Waals surface area contributed by atoms with E-state index < -0.39 is 0 Å². The first-order chi connectivity index (χ1) is 10.2. The Balaban J connectivity index is 0.00000176. The van der Waals surface area contributed by atoms with Gasteiger partial charge in [-0.3, -0.25) is 4.79 Å². The first-order valence-corrected chi connectivity index (χ1v) is 7.26. The number of benzene rings is 1. The molecule has 5 nitrogen and oxygen atoms in total. The third-order valence-electron chi connectivity index (χ3n) is 4.14. The van der Waals surface area contributed by atoms with Gasteiger partial charge >= 0.3 is 0 Å². The first kappa shape index (κ1) is 16.5. The van der Waals surface area contributed by atoms with E-state index in [9.17, 15) is 4.79 Å². The number of carbonyl (C=O) groups excluding carboxylic acids is 1. The largest absolute Gasteiger partial charge is 0.337 e. The fourth-order valence-electron chi connectivity index (χ4n) is 2.77. The van der Waals surface area contributed by atoms with E-state index in [4.69, 9.17) is 0 Å². The molecular weight excluding hydrogens is 300 g/mol. The highest BCUT2D eigenvalue weighted by molar-refractivity contribution is 5.95. The first-order valence-electron chi connectivity index (χ1n) is 7.26. The SMILES string of the molecule is Cc1c(C(=O)N(C)C2CCNC2)cnn1-c1ccccc1.Cl. The van der Waals surface area contributed by atoms with Gasteiger partial charge in [-0.25, -0.2) is 4.68 Å². The minimum atomic E-state index is 0. The van der Waals surface area contributed by atoms with Gasteiger partial charge in [-0.2, -0.15) is 5.10 Å². The van der Waals surface area contributed by atoms with Gasteiger partial charge < -0.3 is 10.2 Å². The number of amides is 1. The van der Waals surface area contributed by atoms with Crippen LogP contribution in [0.25, 0.3) is 5.69 Å². The van der Waals surface area contributed by atoms with Crippen LogP contribution in [-0.2, 0) is 0 Å². The normalized spacial score (nSPS) is 17.1. The van der Waals surface area contributed by atoms with Crippen molar-refractivity contribution in [2.24, 2.45) is 0 Å². The summed E-state index contributed by atoms with van der Waals surface area (Å²) in [6.07, 6.45) is 2.68. The zero-order valence-electron chi connectivity index (χ0n) is 12.8. The molecule has 3 rings (SSSR count). The van der Waals surface area contributed by atoms with Crippen LogP contribution in [0.1, 0.15) is 22.5 Å². The number of hydrogen-bond donors (Lipinski definition) is 1. The summed E-state index contributed by atoms with van der Waals surface area (Å²) in [6, 6.07) is 10.1. The smallest absolute Gasteiger partial charge is 0.257 e. The third-order valence-corrected chi connectivity index (χ3v) is 4.14. The van der Waals surface area contributed by atoms with E-state index in [0.29, 0.717) is 5.56 Å². The molecule has 1 aliphatic rings. The van der Waals surface area contributed by atoms with Crippen LogP contribution in [0.15, 0.2) is 36.5 Å². The van der Waals surface area contributed by atoms with Crippen LogP contribution in [0, 0.1) is 6.92 Å². The lowest BCUT2D eigenvalue weighted by molar-refractivity contribution is 0.0743. The third kappa shape index (κ3) is 3.00. The van der Waals surface area contributed by atoms with E-state index in [1.54, 1.807) is 6.20 Å². The monoisotopic (exact) mass is 320 g/mol. The average Bonchev–Trinajstić information content (AvgIpc) is 3.16. The van der Waals surface area contributed by atoms with E-state index in [1.807, 2.05) is 53.9 Å². The summed E-state index contributed by atoms with van der Waals surface area (Å²) >= 11 is 0. The number of hydrogen-bond acceptors (Lipinski definition) is 3. The summed E-state index contributed by atoms with van der Waals surface area (Å²) in [5.74, 6) is 0.0448. The molecule has 22 heavy (non-hydrogen) atoms. The van der Waals surface area contributed by atoms with Crippen molar-refractivity contribution in [3.63, 3.8) is 0 Å². The number of carbonyl (C=O) groups is 1. The zero-order valence-corrected chi connectivity index (χ0v) is 13.6. The molecule has 1 aromatic carbocycles. The van der Waals surface area contributed by atoms with Gasteiger partial charge in [0.2, 0.25) is 0 Å². The van der Waals surface area contributed by atoms with Crippen molar-refractivity contribution >= 4 is 18.3 Å². The Labute approximate surface area is 136 Å². The minimum absolute atomic E-state index is 0. The van der Waals surface area contributed by atoms with Crippen LogP contribution in [-0.4, -0.2) is 46.8 Å². The summed E-state index contributed by atoms with van der Waals surface area (Å²) < 4.78 is 1.81. The Hall–Kier alpha value is -1.85. The van der Waals surface area contributed by atoms with E-state index in [0.717, 1.165) is 30.9 Å². The van der Waals surface area contributed by atoms with Gasteiger partial charge in [-0.15, -0.1) is 12.4 Å². The molecule has 2 heterocycles. The number of para-hydroxylation sites is 1. The van der Waals surface area contributed by atoms with Gasteiger partial charge in [0.15, 0.2) is 0 Å². The molecule has 0 spiro atoms. The van der Waals surface area contributed by atoms with Gasteiger partial charge in [-0.1, -0.05) is 18.2 Å². The second kappa shape index (κ2) is 6.94. The van der Waals surface area contributed by atoms with Crippen LogP contribution < -0.4 is 5.32 Å². The van der Waals surface area contributed by atoms with Crippen molar-refractivity contribution in [1.82, 2.24) is 20.0 Å².